The Hall–Kier alpha value is -2.86. The van der Waals surface area contributed by atoms with Crippen molar-refractivity contribution in [1.29, 1.82) is 0 Å². The normalized spacial score (nSPS) is 13.0. The van der Waals surface area contributed by atoms with Crippen LogP contribution in [-0.4, -0.2) is 24.3 Å². The van der Waals surface area contributed by atoms with Gasteiger partial charge in [-0.15, -0.1) is 0 Å². The lowest BCUT2D eigenvalue weighted by Gasteiger charge is -2.29. The highest BCUT2D eigenvalue weighted by Crippen LogP contribution is 2.29. The first-order valence-electron chi connectivity index (χ1n) is 8.19. The smallest absolute Gasteiger partial charge is 0.244 e. The summed E-state index contributed by atoms with van der Waals surface area (Å²) in [5, 5.41) is 6.10. The van der Waals surface area contributed by atoms with Crippen LogP contribution >= 0.6 is 11.6 Å². The Bertz CT molecular complexity index is 882. The number of carbonyl (C=O) groups is 3. The van der Waals surface area contributed by atoms with Gasteiger partial charge in [0.1, 0.15) is 6.54 Å². The van der Waals surface area contributed by atoms with Crippen LogP contribution in [0.4, 0.5) is 17.1 Å². The van der Waals surface area contributed by atoms with Crippen molar-refractivity contribution in [2.45, 2.75) is 19.8 Å². The molecular formula is C19H18ClN3O3. The number of aryl methyl sites for hydroxylation is 1. The molecule has 0 saturated carbocycles. The minimum absolute atomic E-state index is 0.0140. The van der Waals surface area contributed by atoms with Gasteiger partial charge in [-0.2, -0.15) is 0 Å². The molecule has 0 atom stereocenters. The fourth-order valence-corrected chi connectivity index (χ4v) is 3.02. The maximum absolute atomic E-state index is 12.5. The van der Waals surface area contributed by atoms with Gasteiger partial charge in [0, 0.05) is 23.6 Å². The van der Waals surface area contributed by atoms with Crippen LogP contribution in [-0.2, 0) is 14.4 Å². The zero-order valence-corrected chi connectivity index (χ0v) is 15.0. The van der Waals surface area contributed by atoms with Crippen molar-refractivity contribution in [3.63, 3.8) is 0 Å². The molecule has 2 N–H and O–H groups in total. The first-order chi connectivity index (χ1) is 12.4. The molecule has 0 aliphatic carbocycles. The van der Waals surface area contributed by atoms with E-state index in [0.717, 1.165) is 5.56 Å². The average molecular weight is 372 g/mol. The number of anilines is 3. The fourth-order valence-electron chi connectivity index (χ4n) is 2.79. The van der Waals surface area contributed by atoms with Crippen LogP contribution in [0.2, 0.25) is 5.02 Å². The summed E-state index contributed by atoms with van der Waals surface area (Å²) in [7, 11) is 0. The maximum Gasteiger partial charge on any atom is 0.244 e. The van der Waals surface area contributed by atoms with Crippen LogP contribution in [0.3, 0.4) is 0 Å². The molecule has 0 bridgehead atoms. The molecule has 0 saturated heterocycles. The summed E-state index contributed by atoms with van der Waals surface area (Å²) in [5.74, 6) is -0.785. The summed E-state index contributed by atoms with van der Waals surface area (Å²) in [5.41, 5.74) is 2.75. The van der Waals surface area contributed by atoms with Crippen molar-refractivity contribution in [1.82, 2.24) is 0 Å². The highest BCUT2D eigenvalue weighted by atomic mass is 35.5. The van der Waals surface area contributed by atoms with E-state index < -0.39 is 0 Å². The van der Waals surface area contributed by atoms with E-state index in [2.05, 4.69) is 10.6 Å². The number of fused-ring (bicyclic) bond motifs is 1. The molecule has 0 aromatic heterocycles. The molecule has 1 aliphatic heterocycles. The third-order valence-corrected chi connectivity index (χ3v) is 4.34. The number of hydrogen-bond donors (Lipinski definition) is 2. The number of benzene rings is 2. The second-order valence-electron chi connectivity index (χ2n) is 6.05. The molecule has 1 aliphatic rings. The van der Waals surface area contributed by atoms with Gasteiger partial charge in [0.15, 0.2) is 0 Å². The Morgan fingerprint density at radius 1 is 1.19 bits per heavy atom. The van der Waals surface area contributed by atoms with Crippen molar-refractivity contribution in [2.75, 3.05) is 22.1 Å². The lowest BCUT2D eigenvalue weighted by molar-refractivity contribution is -0.124. The van der Waals surface area contributed by atoms with E-state index in [9.17, 15) is 14.4 Å². The molecule has 0 unspecified atom stereocenters. The molecular weight excluding hydrogens is 354 g/mol. The number of nitrogens with zero attached hydrogens (tertiary/aromatic N) is 1. The van der Waals surface area contributed by atoms with Crippen LogP contribution in [0.25, 0.3) is 0 Å². The lowest BCUT2D eigenvalue weighted by Crippen LogP contribution is -2.42. The molecule has 3 amide bonds. The summed E-state index contributed by atoms with van der Waals surface area (Å²) in [6.45, 7) is 1.80. The van der Waals surface area contributed by atoms with Gasteiger partial charge >= 0.3 is 0 Å². The summed E-state index contributed by atoms with van der Waals surface area (Å²) in [6.07, 6.45) is 0.0429. The van der Waals surface area contributed by atoms with E-state index in [1.807, 2.05) is 6.92 Å². The Morgan fingerprint density at radius 2 is 1.96 bits per heavy atom. The van der Waals surface area contributed by atoms with Gasteiger partial charge in [-0.25, -0.2) is 0 Å². The van der Waals surface area contributed by atoms with E-state index in [-0.39, 0.29) is 37.1 Å². The molecule has 6 nitrogen and oxygen atoms in total. The third-order valence-electron chi connectivity index (χ3n) is 4.10. The zero-order chi connectivity index (χ0) is 18.7. The fraction of sp³-hybridized carbons (Fsp3) is 0.211. The number of halogens is 1. The first-order valence-corrected chi connectivity index (χ1v) is 8.57. The largest absolute Gasteiger partial charge is 0.326 e. The monoisotopic (exact) mass is 371 g/mol. The SMILES string of the molecule is Cc1cc(Cl)ccc1NC(=O)CCC(=O)N1CC(=O)Nc2ccccc21. The Labute approximate surface area is 156 Å². The van der Waals surface area contributed by atoms with Gasteiger partial charge in [-0.3, -0.25) is 14.4 Å². The van der Waals surface area contributed by atoms with Gasteiger partial charge in [-0.1, -0.05) is 23.7 Å². The van der Waals surface area contributed by atoms with E-state index in [1.54, 1.807) is 42.5 Å². The van der Waals surface area contributed by atoms with E-state index in [0.29, 0.717) is 22.1 Å². The number of para-hydroxylation sites is 2. The Morgan fingerprint density at radius 3 is 2.73 bits per heavy atom. The first kappa shape index (κ1) is 17.9. The van der Waals surface area contributed by atoms with Crippen molar-refractivity contribution in [3.05, 3.63) is 53.1 Å². The number of nitrogens with one attached hydrogen (secondary N) is 2. The maximum atomic E-state index is 12.5. The third kappa shape index (κ3) is 4.03. The van der Waals surface area contributed by atoms with Crippen molar-refractivity contribution < 1.29 is 14.4 Å². The van der Waals surface area contributed by atoms with Crippen LogP contribution in [0.5, 0.6) is 0 Å². The number of carbonyl (C=O) groups excluding carboxylic acids is 3. The number of rotatable bonds is 4. The van der Waals surface area contributed by atoms with Crippen LogP contribution in [0.15, 0.2) is 42.5 Å². The van der Waals surface area contributed by atoms with Crippen molar-refractivity contribution in [2.24, 2.45) is 0 Å². The standard InChI is InChI=1S/C19H18ClN3O3/c1-12-10-13(20)6-7-14(12)21-17(24)8-9-19(26)23-11-18(25)22-15-4-2-3-5-16(15)23/h2-7,10H,8-9,11H2,1H3,(H,21,24)(H,22,25). The molecule has 1 heterocycles. The van der Waals surface area contributed by atoms with Gasteiger partial charge < -0.3 is 15.5 Å². The highest BCUT2D eigenvalue weighted by Gasteiger charge is 2.26. The van der Waals surface area contributed by atoms with Crippen molar-refractivity contribution in [3.8, 4) is 0 Å². The minimum atomic E-state index is -0.268. The van der Waals surface area contributed by atoms with E-state index in [1.165, 1.54) is 4.90 Å². The molecule has 0 spiro atoms. The predicted octanol–water partition coefficient (Wildman–Crippen LogP) is 3.35. The average Bonchev–Trinajstić information content (AvgIpc) is 2.61. The number of hydrogen-bond acceptors (Lipinski definition) is 3. The van der Waals surface area contributed by atoms with Gasteiger partial charge in [0.05, 0.1) is 11.4 Å². The second-order valence-corrected chi connectivity index (χ2v) is 6.49. The topological polar surface area (TPSA) is 78.5 Å². The van der Waals surface area contributed by atoms with Gasteiger partial charge in [0.2, 0.25) is 17.7 Å². The van der Waals surface area contributed by atoms with Crippen molar-refractivity contribution >= 4 is 46.4 Å². The molecule has 2 aromatic carbocycles. The van der Waals surface area contributed by atoms with E-state index >= 15 is 0 Å². The van der Waals surface area contributed by atoms with Crippen LogP contribution in [0, 0.1) is 6.92 Å². The molecule has 3 rings (SSSR count). The minimum Gasteiger partial charge on any atom is -0.326 e. The highest BCUT2D eigenvalue weighted by molar-refractivity contribution is 6.30. The van der Waals surface area contributed by atoms with Gasteiger partial charge in [-0.05, 0) is 42.8 Å². The summed E-state index contributed by atoms with van der Waals surface area (Å²) in [4.78, 5) is 37.9. The van der Waals surface area contributed by atoms with Crippen LogP contribution in [0.1, 0.15) is 18.4 Å². The Kier molecular flexibility index (Phi) is 5.23. The quantitative estimate of drug-likeness (QED) is 0.865. The van der Waals surface area contributed by atoms with Crippen LogP contribution < -0.4 is 15.5 Å². The molecule has 26 heavy (non-hydrogen) atoms. The molecule has 0 fully saturated rings. The Balaban J connectivity index is 1.62. The van der Waals surface area contributed by atoms with E-state index in [4.69, 9.17) is 11.6 Å². The second kappa shape index (κ2) is 7.58. The molecule has 2 aromatic rings. The summed E-state index contributed by atoms with van der Waals surface area (Å²) >= 11 is 5.90. The molecule has 134 valence electrons. The predicted molar refractivity (Wildman–Crippen MR) is 101 cm³/mol. The zero-order valence-electron chi connectivity index (χ0n) is 14.2. The summed E-state index contributed by atoms with van der Waals surface area (Å²) < 4.78 is 0. The molecule has 0 radical (unpaired) electrons. The summed E-state index contributed by atoms with van der Waals surface area (Å²) in [6, 6.07) is 12.3. The van der Waals surface area contributed by atoms with Gasteiger partial charge in [0.25, 0.3) is 0 Å². The molecule has 7 heteroatoms. The lowest BCUT2D eigenvalue weighted by atomic mass is 10.1. The number of amides is 3.